The molecule has 1 saturated heterocycles. The Bertz CT molecular complexity index is 636. The molecule has 1 aromatic rings. The number of nitrogens with zero attached hydrogens (tertiary/aromatic N) is 5. The first-order chi connectivity index (χ1) is 13.9. The highest BCUT2D eigenvalue weighted by molar-refractivity contribution is 5.85. The van der Waals surface area contributed by atoms with Crippen molar-refractivity contribution in [1.29, 1.82) is 0 Å². The van der Waals surface area contributed by atoms with Gasteiger partial charge < -0.3 is 20.9 Å². The molecule has 0 spiro atoms. The van der Waals surface area contributed by atoms with Gasteiger partial charge in [-0.2, -0.15) is 0 Å². The number of anilines is 1. The Morgan fingerprint density at radius 2 is 1.83 bits per heavy atom. The number of amides is 1. The second kappa shape index (κ2) is 11.5. The number of rotatable bonds is 8. The lowest BCUT2D eigenvalue weighted by Gasteiger charge is -2.34. The van der Waals surface area contributed by atoms with Crippen LogP contribution in [0.25, 0.3) is 0 Å². The third-order valence-electron chi connectivity index (χ3n) is 4.39. The smallest absolute Gasteiger partial charge is 0.242 e. The van der Waals surface area contributed by atoms with Gasteiger partial charge in [-0.1, -0.05) is 0 Å². The van der Waals surface area contributed by atoms with Gasteiger partial charge in [0.15, 0.2) is 5.96 Å². The Kier molecular flexibility index (Phi) is 9.11. The van der Waals surface area contributed by atoms with Gasteiger partial charge in [-0.3, -0.25) is 9.69 Å². The molecule has 0 atom stereocenters. The molecule has 1 aromatic heterocycles. The van der Waals surface area contributed by atoms with Crippen molar-refractivity contribution in [3.63, 3.8) is 0 Å². The number of carbonyl (C=O) groups excluding carboxylic acids is 1. The van der Waals surface area contributed by atoms with Crippen LogP contribution in [-0.2, 0) is 4.79 Å². The van der Waals surface area contributed by atoms with Crippen molar-refractivity contribution in [2.45, 2.75) is 39.7 Å². The van der Waals surface area contributed by atoms with Gasteiger partial charge in [-0.05, 0) is 46.7 Å². The number of nitrogens with one attached hydrogen (secondary N) is 3. The number of piperazine rings is 1. The minimum Gasteiger partial charge on any atom is -0.357 e. The lowest BCUT2D eigenvalue weighted by atomic mass is 10.1. The van der Waals surface area contributed by atoms with E-state index in [9.17, 15) is 4.79 Å². The molecule has 1 aliphatic rings. The summed E-state index contributed by atoms with van der Waals surface area (Å²) in [6, 6.07) is 1.84. The summed E-state index contributed by atoms with van der Waals surface area (Å²) in [4.78, 5) is 29.7. The van der Waals surface area contributed by atoms with E-state index in [2.05, 4.69) is 40.7 Å². The maximum atomic E-state index is 11.9. The van der Waals surface area contributed by atoms with E-state index in [0.29, 0.717) is 5.96 Å². The molecule has 162 valence electrons. The van der Waals surface area contributed by atoms with Crippen molar-refractivity contribution in [2.24, 2.45) is 4.99 Å². The van der Waals surface area contributed by atoms with Crippen LogP contribution in [0.1, 0.15) is 34.1 Å². The zero-order valence-corrected chi connectivity index (χ0v) is 18.2. The Balaban J connectivity index is 1.66. The van der Waals surface area contributed by atoms with Gasteiger partial charge in [0.2, 0.25) is 11.9 Å². The summed E-state index contributed by atoms with van der Waals surface area (Å²) in [5.41, 5.74) is -0.241. The fraction of sp³-hybridized carbons (Fsp3) is 0.700. The molecule has 0 radical (unpaired) electrons. The molecular weight excluding hydrogens is 368 g/mol. The van der Waals surface area contributed by atoms with Gasteiger partial charge in [0, 0.05) is 57.2 Å². The molecule has 0 unspecified atom stereocenters. The predicted molar refractivity (Wildman–Crippen MR) is 117 cm³/mol. The van der Waals surface area contributed by atoms with Crippen molar-refractivity contribution in [3.05, 3.63) is 18.5 Å². The number of aliphatic imine (C=N–C) groups is 1. The van der Waals surface area contributed by atoms with E-state index in [0.717, 1.165) is 58.2 Å². The van der Waals surface area contributed by atoms with Crippen LogP contribution in [0.3, 0.4) is 0 Å². The monoisotopic (exact) mass is 404 g/mol. The average Bonchev–Trinajstić information content (AvgIpc) is 2.69. The summed E-state index contributed by atoms with van der Waals surface area (Å²) in [6.45, 7) is 14.6. The van der Waals surface area contributed by atoms with E-state index in [4.69, 9.17) is 0 Å². The van der Waals surface area contributed by atoms with E-state index in [1.54, 1.807) is 12.4 Å². The van der Waals surface area contributed by atoms with Crippen LogP contribution in [0.5, 0.6) is 0 Å². The van der Waals surface area contributed by atoms with Crippen molar-refractivity contribution in [2.75, 3.05) is 57.3 Å². The first-order valence-electron chi connectivity index (χ1n) is 10.4. The van der Waals surface area contributed by atoms with Gasteiger partial charge in [0.1, 0.15) is 6.54 Å². The number of hydrogen-bond donors (Lipinski definition) is 3. The van der Waals surface area contributed by atoms with E-state index >= 15 is 0 Å². The first-order valence-corrected chi connectivity index (χ1v) is 10.4. The summed E-state index contributed by atoms with van der Waals surface area (Å²) < 4.78 is 0. The molecule has 0 aliphatic carbocycles. The quantitative estimate of drug-likeness (QED) is 0.329. The van der Waals surface area contributed by atoms with Gasteiger partial charge in [0.25, 0.3) is 0 Å². The molecule has 2 heterocycles. The van der Waals surface area contributed by atoms with Crippen molar-refractivity contribution in [3.8, 4) is 0 Å². The molecule has 1 amide bonds. The van der Waals surface area contributed by atoms with Gasteiger partial charge in [-0.15, -0.1) is 0 Å². The summed E-state index contributed by atoms with van der Waals surface area (Å²) in [6.07, 6.45) is 4.59. The van der Waals surface area contributed by atoms with Crippen LogP contribution >= 0.6 is 0 Å². The van der Waals surface area contributed by atoms with Gasteiger partial charge >= 0.3 is 0 Å². The minimum absolute atomic E-state index is 0.0741. The molecule has 0 aromatic carbocycles. The molecule has 9 heteroatoms. The fourth-order valence-corrected chi connectivity index (χ4v) is 3.09. The Morgan fingerprint density at radius 3 is 2.45 bits per heavy atom. The summed E-state index contributed by atoms with van der Waals surface area (Å²) in [5, 5.41) is 9.42. The third-order valence-corrected chi connectivity index (χ3v) is 4.39. The summed E-state index contributed by atoms with van der Waals surface area (Å²) in [7, 11) is 0. The summed E-state index contributed by atoms with van der Waals surface area (Å²) in [5.74, 6) is 1.42. The summed E-state index contributed by atoms with van der Waals surface area (Å²) >= 11 is 0. The molecule has 9 nitrogen and oxygen atoms in total. The standard InChI is InChI=1S/C20H36N8O/c1-5-21-18(25-16-17(29)26-20(2,3)4)22-10-7-11-27-12-14-28(15-13-27)19-23-8-6-9-24-19/h6,8-9H,5,7,10-16H2,1-4H3,(H,26,29)(H2,21,22,25). The van der Waals surface area contributed by atoms with E-state index < -0.39 is 0 Å². The topological polar surface area (TPSA) is 97.8 Å². The van der Waals surface area contributed by atoms with Gasteiger partial charge in [-0.25, -0.2) is 15.0 Å². The van der Waals surface area contributed by atoms with Crippen LogP contribution in [-0.4, -0.2) is 84.6 Å². The molecule has 1 fully saturated rings. The highest BCUT2D eigenvalue weighted by atomic mass is 16.2. The minimum atomic E-state index is -0.241. The highest BCUT2D eigenvalue weighted by Crippen LogP contribution is 2.09. The predicted octanol–water partition coefficient (Wildman–Crippen LogP) is 0.459. The molecule has 3 N–H and O–H groups in total. The second-order valence-corrected chi connectivity index (χ2v) is 8.15. The Labute approximate surface area is 174 Å². The average molecular weight is 405 g/mol. The molecule has 0 saturated carbocycles. The number of carbonyl (C=O) groups is 1. The Hall–Kier alpha value is -2.42. The first kappa shape index (κ1) is 22.9. The second-order valence-electron chi connectivity index (χ2n) is 8.15. The van der Waals surface area contributed by atoms with Gasteiger partial charge in [0.05, 0.1) is 0 Å². The van der Waals surface area contributed by atoms with E-state index in [1.165, 1.54) is 0 Å². The highest BCUT2D eigenvalue weighted by Gasteiger charge is 2.18. The number of aromatic nitrogens is 2. The molecule has 2 rings (SSSR count). The maximum absolute atomic E-state index is 11.9. The SMILES string of the molecule is CCNC(=NCC(=O)NC(C)(C)C)NCCCN1CCN(c2ncccn2)CC1. The van der Waals surface area contributed by atoms with Crippen molar-refractivity contribution in [1.82, 2.24) is 30.8 Å². The number of hydrogen-bond acceptors (Lipinski definition) is 6. The van der Waals surface area contributed by atoms with Crippen LogP contribution < -0.4 is 20.9 Å². The zero-order chi connectivity index (χ0) is 21.1. The normalized spacial score (nSPS) is 15.9. The Morgan fingerprint density at radius 1 is 1.14 bits per heavy atom. The zero-order valence-electron chi connectivity index (χ0n) is 18.2. The van der Waals surface area contributed by atoms with Crippen molar-refractivity contribution < 1.29 is 4.79 Å². The van der Waals surface area contributed by atoms with Crippen LogP contribution in [0, 0.1) is 0 Å². The molecular formula is C20H36N8O. The maximum Gasteiger partial charge on any atom is 0.242 e. The number of guanidine groups is 1. The molecule has 29 heavy (non-hydrogen) atoms. The van der Waals surface area contributed by atoms with Crippen LogP contribution in [0.2, 0.25) is 0 Å². The lowest BCUT2D eigenvalue weighted by Crippen LogP contribution is -2.47. The third kappa shape index (κ3) is 9.08. The fourth-order valence-electron chi connectivity index (χ4n) is 3.09. The van der Waals surface area contributed by atoms with Crippen LogP contribution in [0.15, 0.2) is 23.5 Å². The van der Waals surface area contributed by atoms with Crippen LogP contribution in [0.4, 0.5) is 5.95 Å². The molecule has 1 aliphatic heterocycles. The molecule has 0 bridgehead atoms. The van der Waals surface area contributed by atoms with E-state index in [1.807, 2.05) is 33.8 Å². The van der Waals surface area contributed by atoms with E-state index in [-0.39, 0.29) is 18.0 Å². The lowest BCUT2D eigenvalue weighted by molar-refractivity contribution is -0.121. The van der Waals surface area contributed by atoms with Crippen molar-refractivity contribution >= 4 is 17.8 Å². The largest absolute Gasteiger partial charge is 0.357 e.